The number of pyridine rings is 1. The number of aromatic carboxylic acids is 1. The second-order valence-corrected chi connectivity index (χ2v) is 4.99. The van der Waals surface area contributed by atoms with Crippen LogP contribution >= 0.6 is 11.6 Å². The fourth-order valence-corrected chi connectivity index (χ4v) is 2.13. The number of carboxylic acids is 1. The van der Waals surface area contributed by atoms with E-state index in [1.807, 2.05) is 6.92 Å². The Balaban J connectivity index is 2.05. The molecule has 0 radical (unpaired) electrons. The van der Waals surface area contributed by atoms with Gasteiger partial charge in [0.15, 0.2) is 5.69 Å². The number of nitrogens with one attached hydrogen (secondary N) is 1. The minimum atomic E-state index is -1.13. The first-order valence-corrected chi connectivity index (χ1v) is 6.16. The molecule has 0 aromatic carbocycles. The minimum Gasteiger partial charge on any atom is -0.476 e. The minimum absolute atomic E-state index is 0.136. The van der Waals surface area contributed by atoms with Gasteiger partial charge in [0.2, 0.25) is 0 Å². The van der Waals surface area contributed by atoms with E-state index in [0.717, 1.165) is 19.4 Å². The number of carboxylic acid groups (broad SMARTS) is 1. The van der Waals surface area contributed by atoms with E-state index in [1.165, 1.54) is 6.07 Å². The molecule has 18 heavy (non-hydrogen) atoms. The molecule has 2 N–H and O–H groups in total. The smallest absolute Gasteiger partial charge is 0.356 e. The van der Waals surface area contributed by atoms with Crippen LogP contribution < -0.4 is 5.32 Å². The van der Waals surface area contributed by atoms with Crippen LogP contribution in [0.5, 0.6) is 0 Å². The summed E-state index contributed by atoms with van der Waals surface area (Å²) in [6.45, 7) is 3.40. The third kappa shape index (κ3) is 2.91. The summed E-state index contributed by atoms with van der Waals surface area (Å²) >= 11 is 5.75. The molecule has 2 heterocycles. The van der Waals surface area contributed by atoms with E-state index in [4.69, 9.17) is 21.4 Å². The van der Waals surface area contributed by atoms with E-state index in [-0.39, 0.29) is 16.3 Å². The average molecular weight is 271 g/mol. The van der Waals surface area contributed by atoms with Crippen molar-refractivity contribution in [1.82, 2.24) is 4.98 Å². The van der Waals surface area contributed by atoms with Crippen LogP contribution in [0.15, 0.2) is 12.1 Å². The van der Waals surface area contributed by atoms with Crippen molar-refractivity contribution in [2.75, 3.05) is 18.5 Å². The van der Waals surface area contributed by atoms with Crippen molar-refractivity contribution in [3.8, 4) is 0 Å². The maximum atomic E-state index is 10.9. The van der Waals surface area contributed by atoms with E-state index >= 15 is 0 Å². The Morgan fingerprint density at radius 3 is 3.06 bits per heavy atom. The van der Waals surface area contributed by atoms with Crippen molar-refractivity contribution in [2.24, 2.45) is 0 Å². The van der Waals surface area contributed by atoms with Crippen molar-refractivity contribution in [2.45, 2.75) is 25.4 Å². The molecule has 1 aliphatic rings. The Kier molecular flexibility index (Phi) is 3.73. The van der Waals surface area contributed by atoms with Crippen LogP contribution in [0.25, 0.3) is 0 Å². The van der Waals surface area contributed by atoms with E-state index < -0.39 is 5.97 Å². The lowest BCUT2D eigenvalue weighted by molar-refractivity contribution is 0.0315. The summed E-state index contributed by atoms with van der Waals surface area (Å²) in [5.74, 6) is -0.638. The average Bonchev–Trinajstić information content (AvgIpc) is 2.75. The number of halogens is 1. The lowest BCUT2D eigenvalue weighted by Gasteiger charge is -2.23. The van der Waals surface area contributed by atoms with Crippen LogP contribution in [-0.2, 0) is 4.74 Å². The number of aromatic nitrogens is 1. The molecular formula is C12H15ClN2O3. The molecule has 1 aliphatic heterocycles. The van der Waals surface area contributed by atoms with E-state index in [0.29, 0.717) is 12.4 Å². The predicted molar refractivity (Wildman–Crippen MR) is 68.3 cm³/mol. The van der Waals surface area contributed by atoms with Gasteiger partial charge in [0.05, 0.1) is 10.6 Å². The van der Waals surface area contributed by atoms with Crippen LogP contribution in [0.1, 0.15) is 30.3 Å². The lowest BCUT2D eigenvalue weighted by atomic mass is 10.0. The first-order valence-electron chi connectivity index (χ1n) is 5.78. The van der Waals surface area contributed by atoms with Gasteiger partial charge in [0.1, 0.15) is 5.82 Å². The number of hydrogen-bond donors (Lipinski definition) is 2. The van der Waals surface area contributed by atoms with Gasteiger partial charge in [-0.05, 0) is 31.9 Å². The van der Waals surface area contributed by atoms with Crippen LogP contribution in [-0.4, -0.2) is 34.8 Å². The van der Waals surface area contributed by atoms with Crippen LogP contribution in [0, 0.1) is 0 Å². The number of ether oxygens (including phenoxy) is 1. The highest BCUT2D eigenvalue weighted by atomic mass is 35.5. The van der Waals surface area contributed by atoms with E-state index in [2.05, 4.69) is 10.3 Å². The van der Waals surface area contributed by atoms with Gasteiger partial charge in [0, 0.05) is 13.2 Å². The number of hydrogen-bond acceptors (Lipinski definition) is 4. The first-order chi connectivity index (χ1) is 8.50. The van der Waals surface area contributed by atoms with E-state index in [9.17, 15) is 4.79 Å². The van der Waals surface area contributed by atoms with Crippen molar-refractivity contribution in [3.63, 3.8) is 0 Å². The van der Waals surface area contributed by atoms with Gasteiger partial charge in [-0.25, -0.2) is 9.78 Å². The number of carbonyl (C=O) groups is 1. The van der Waals surface area contributed by atoms with Crippen LogP contribution in [0.4, 0.5) is 5.82 Å². The molecule has 0 amide bonds. The van der Waals surface area contributed by atoms with Crippen molar-refractivity contribution < 1.29 is 14.6 Å². The quantitative estimate of drug-likeness (QED) is 0.879. The van der Waals surface area contributed by atoms with Crippen molar-refractivity contribution in [3.05, 3.63) is 22.8 Å². The second kappa shape index (κ2) is 5.12. The second-order valence-electron chi connectivity index (χ2n) is 4.59. The zero-order valence-corrected chi connectivity index (χ0v) is 10.8. The van der Waals surface area contributed by atoms with Crippen LogP contribution in [0.3, 0.4) is 0 Å². The molecule has 2 rings (SSSR count). The molecule has 0 spiro atoms. The maximum absolute atomic E-state index is 10.9. The van der Waals surface area contributed by atoms with Gasteiger partial charge in [-0.15, -0.1) is 0 Å². The van der Waals surface area contributed by atoms with Gasteiger partial charge in [-0.2, -0.15) is 0 Å². The molecule has 98 valence electrons. The summed E-state index contributed by atoms with van der Waals surface area (Å²) in [5.41, 5.74) is -0.343. The molecule has 1 saturated heterocycles. The van der Waals surface area contributed by atoms with Gasteiger partial charge in [0.25, 0.3) is 0 Å². The third-order valence-electron chi connectivity index (χ3n) is 2.99. The topological polar surface area (TPSA) is 71.5 Å². The Bertz CT molecular complexity index is 459. The molecular weight excluding hydrogens is 256 g/mol. The Hall–Kier alpha value is -1.33. The predicted octanol–water partition coefficient (Wildman–Crippen LogP) is 2.41. The molecule has 0 aliphatic carbocycles. The largest absolute Gasteiger partial charge is 0.476 e. The zero-order valence-electron chi connectivity index (χ0n) is 10.1. The molecule has 1 aromatic heterocycles. The van der Waals surface area contributed by atoms with Gasteiger partial charge in [-0.1, -0.05) is 11.6 Å². The Morgan fingerprint density at radius 1 is 1.67 bits per heavy atom. The summed E-state index contributed by atoms with van der Waals surface area (Å²) in [4.78, 5) is 14.9. The van der Waals surface area contributed by atoms with Gasteiger partial charge in [-0.3, -0.25) is 0 Å². The SMILES string of the molecule is CC1(CNc2ccc(Cl)c(C(=O)O)n2)CCCO1. The van der Waals surface area contributed by atoms with Gasteiger partial charge >= 0.3 is 5.97 Å². The molecule has 5 nitrogen and oxygen atoms in total. The Morgan fingerprint density at radius 2 is 2.44 bits per heavy atom. The fourth-order valence-electron chi connectivity index (χ4n) is 1.94. The van der Waals surface area contributed by atoms with E-state index in [1.54, 1.807) is 6.07 Å². The normalized spacial score (nSPS) is 23.0. The molecule has 1 unspecified atom stereocenters. The Labute approximate surface area is 110 Å². The van der Waals surface area contributed by atoms with Crippen molar-refractivity contribution in [1.29, 1.82) is 0 Å². The molecule has 1 atom stereocenters. The summed E-state index contributed by atoms with van der Waals surface area (Å²) in [6, 6.07) is 3.19. The molecule has 1 aromatic rings. The molecule has 6 heteroatoms. The lowest BCUT2D eigenvalue weighted by Crippen LogP contribution is -2.32. The van der Waals surface area contributed by atoms with Crippen LogP contribution in [0.2, 0.25) is 5.02 Å². The molecule has 0 saturated carbocycles. The third-order valence-corrected chi connectivity index (χ3v) is 3.30. The highest BCUT2D eigenvalue weighted by Gasteiger charge is 2.29. The summed E-state index contributed by atoms with van der Waals surface area (Å²) < 4.78 is 5.63. The summed E-state index contributed by atoms with van der Waals surface area (Å²) in [6.07, 6.45) is 2.03. The molecule has 1 fully saturated rings. The highest BCUT2D eigenvalue weighted by molar-refractivity contribution is 6.33. The first kappa shape index (κ1) is 13.1. The summed E-state index contributed by atoms with van der Waals surface area (Å²) in [5, 5.41) is 12.1. The number of nitrogens with zero attached hydrogens (tertiary/aromatic N) is 1. The van der Waals surface area contributed by atoms with Crippen molar-refractivity contribution >= 4 is 23.4 Å². The highest BCUT2D eigenvalue weighted by Crippen LogP contribution is 2.25. The maximum Gasteiger partial charge on any atom is 0.356 e. The summed E-state index contributed by atoms with van der Waals surface area (Å²) in [7, 11) is 0. The number of rotatable bonds is 4. The fraction of sp³-hybridized carbons (Fsp3) is 0.500. The molecule has 0 bridgehead atoms. The van der Waals surface area contributed by atoms with Gasteiger partial charge < -0.3 is 15.2 Å². The zero-order chi connectivity index (χ0) is 13.2. The number of anilines is 1. The monoisotopic (exact) mass is 270 g/mol. The standard InChI is InChI=1S/C12H15ClN2O3/c1-12(5-2-6-18-12)7-14-9-4-3-8(13)10(15-9)11(16)17/h3-4H,2,5-7H2,1H3,(H,14,15)(H,16,17).